The molecule has 0 bridgehead atoms. The van der Waals surface area contributed by atoms with E-state index in [9.17, 15) is 0 Å². The number of guanidine groups is 1. The summed E-state index contributed by atoms with van der Waals surface area (Å²) in [6.07, 6.45) is 7.72. The quantitative estimate of drug-likeness (QED) is 0.198. The lowest BCUT2D eigenvalue weighted by Crippen LogP contribution is -2.37. The topological polar surface area (TPSA) is 71.7 Å². The van der Waals surface area contributed by atoms with Crippen LogP contribution in [0.5, 0.6) is 5.75 Å². The van der Waals surface area contributed by atoms with Crippen molar-refractivity contribution in [2.45, 2.75) is 19.9 Å². The summed E-state index contributed by atoms with van der Waals surface area (Å²) in [6.45, 7) is 3.60. The number of aliphatic imine (C=N–C) groups is 1. The molecule has 0 aliphatic carbocycles. The van der Waals surface area contributed by atoms with Crippen LogP contribution in [0, 0.1) is 19.3 Å². The number of hydrogen-bond donors (Lipinski definition) is 2. The Bertz CT molecular complexity index is 1010. The van der Waals surface area contributed by atoms with E-state index in [-0.39, 0.29) is 30.6 Å². The molecule has 0 atom stereocenters. The van der Waals surface area contributed by atoms with E-state index in [1.54, 1.807) is 13.3 Å². The van der Waals surface area contributed by atoms with E-state index in [2.05, 4.69) is 33.5 Å². The Labute approximate surface area is 200 Å². The van der Waals surface area contributed by atoms with Crippen LogP contribution in [0.15, 0.2) is 64.2 Å². The fourth-order valence-corrected chi connectivity index (χ4v) is 2.81. The Morgan fingerprint density at radius 2 is 1.87 bits per heavy atom. The van der Waals surface area contributed by atoms with Gasteiger partial charge in [0.1, 0.15) is 18.6 Å². The van der Waals surface area contributed by atoms with E-state index >= 15 is 0 Å². The number of oxazole rings is 1. The van der Waals surface area contributed by atoms with Crippen LogP contribution >= 0.6 is 24.0 Å². The minimum atomic E-state index is 0. The van der Waals surface area contributed by atoms with E-state index in [4.69, 9.17) is 15.6 Å². The van der Waals surface area contributed by atoms with Gasteiger partial charge in [-0.05, 0) is 43.2 Å². The van der Waals surface area contributed by atoms with Gasteiger partial charge in [0.05, 0.1) is 12.2 Å². The zero-order valence-corrected chi connectivity index (χ0v) is 20.1. The van der Waals surface area contributed by atoms with Gasteiger partial charge < -0.3 is 19.8 Å². The second-order valence-corrected chi connectivity index (χ2v) is 6.75. The summed E-state index contributed by atoms with van der Waals surface area (Å²) in [6, 6.07) is 16.0. The molecule has 2 N–H and O–H groups in total. The van der Waals surface area contributed by atoms with Crippen LogP contribution in [0.3, 0.4) is 0 Å². The van der Waals surface area contributed by atoms with Crippen molar-refractivity contribution in [1.82, 2.24) is 15.6 Å². The van der Waals surface area contributed by atoms with Crippen LogP contribution in [-0.4, -0.2) is 31.1 Å². The van der Waals surface area contributed by atoms with Gasteiger partial charge in [0.25, 0.3) is 0 Å². The number of ether oxygens (including phenoxy) is 1. The Balaban J connectivity index is 0.00000341. The number of rotatable bonds is 8. The van der Waals surface area contributed by atoms with Crippen molar-refractivity contribution >= 4 is 29.9 Å². The molecule has 0 fully saturated rings. The molecular formula is C24H27IN4O2. The third-order valence-electron chi connectivity index (χ3n) is 4.46. The van der Waals surface area contributed by atoms with Gasteiger partial charge in [-0.3, -0.25) is 4.99 Å². The summed E-state index contributed by atoms with van der Waals surface area (Å²) in [7, 11) is 1.74. The summed E-state index contributed by atoms with van der Waals surface area (Å²) in [5, 5.41) is 6.56. The maximum atomic E-state index is 5.60. The highest BCUT2D eigenvalue weighted by Gasteiger charge is 2.07. The molecule has 0 spiro atoms. The van der Waals surface area contributed by atoms with Gasteiger partial charge in [0, 0.05) is 19.2 Å². The minimum Gasteiger partial charge on any atom is -0.481 e. The summed E-state index contributed by atoms with van der Waals surface area (Å²) < 4.78 is 11.0. The average molecular weight is 530 g/mol. The Morgan fingerprint density at radius 3 is 2.55 bits per heavy atom. The van der Waals surface area contributed by atoms with Crippen molar-refractivity contribution in [2.24, 2.45) is 4.99 Å². The highest BCUT2D eigenvalue weighted by atomic mass is 127. The summed E-state index contributed by atoms with van der Waals surface area (Å²) in [4.78, 5) is 8.79. The highest BCUT2D eigenvalue weighted by Crippen LogP contribution is 2.19. The average Bonchev–Trinajstić information content (AvgIpc) is 3.25. The van der Waals surface area contributed by atoms with Crippen molar-refractivity contribution in [3.05, 3.63) is 71.6 Å². The lowest BCUT2D eigenvalue weighted by atomic mass is 10.1. The fourth-order valence-electron chi connectivity index (χ4n) is 2.81. The lowest BCUT2D eigenvalue weighted by Gasteiger charge is -2.11. The third kappa shape index (κ3) is 7.64. The zero-order chi connectivity index (χ0) is 21.2. The maximum absolute atomic E-state index is 5.60. The van der Waals surface area contributed by atoms with Crippen LogP contribution in [0.1, 0.15) is 16.8 Å². The molecule has 3 aromatic rings. The molecular weight excluding hydrogens is 503 g/mol. The van der Waals surface area contributed by atoms with Crippen LogP contribution in [0.2, 0.25) is 0 Å². The summed E-state index contributed by atoms with van der Waals surface area (Å²) in [5.74, 6) is 4.56. The summed E-state index contributed by atoms with van der Waals surface area (Å²) >= 11 is 0. The van der Waals surface area contributed by atoms with Gasteiger partial charge in [-0.2, -0.15) is 0 Å². The molecule has 3 rings (SSSR count). The van der Waals surface area contributed by atoms with Gasteiger partial charge in [-0.15, -0.1) is 30.4 Å². The Morgan fingerprint density at radius 1 is 1.13 bits per heavy atom. The van der Waals surface area contributed by atoms with Gasteiger partial charge in [-0.25, -0.2) is 4.98 Å². The molecule has 31 heavy (non-hydrogen) atoms. The van der Waals surface area contributed by atoms with Crippen LogP contribution in [-0.2, 0) is 13.0 Å². The second-order valence-electron chi connectivity index (χ2n) is 6.75. The van der Waals surface area contributed by atoms with Crippen LogP contribution in [0.25, 0.3) is 11.5 Å². The van der Waals surface area contributed by atoms with E-state index < -0.39 is 0 Å². The standard InChI is InChI=1S/C24H26N4O2.HI/c1-4-15-29-22-11-7-19(8-12-22)13-14-26-24(25-3)27-16-21-17-30-23(28-21)20-9-5-18(2)6-10-20;/h1,5-12,17H,13-16H2,2-3H3,(H2,25,26,27);1H. The molecule has 6 nitrogen and oxygen atoms in total. The molecule has 0 aliphatic rings. The first-order valence-corrected chi connectivity index (χ1v) is 9.79. The van der Waals surface area contributed by atoms with Gasteiger partial charge in [-0.1, -0.05) is 35.7 Å². The molecule has 1 aromatic heterocycles. The largest absolute Gasteiger partial charge is 0.481 e. The Hall–Kier alpha value is -2.99. The fraction of sp³-hybridized carbons (Fsp3) is 0.250. The molecule has 162 valence electrons. The Kier molecular flexibility index (Phi) is 9.91. The van der Waals surface area contributed by atoms with Gasteiger partial charge in [0.2, 0.25) is 5.89 Å². The first-order valence-electron chi connectivity index (χ1n) is 9.79. The first-order chi connectivity index (χ1) is 14.7. The van der Waals surface area contributed by atoms with E-state index in [0.29, 0.717) is 18.4 Å². The van der Waals surface area contributed by atoms with Crippen molar-refractivity contribution in [2.75, 3.05) is 20.2 Å². The van der Waals surface area contributed by atoms with Crippen LogP contribution < -0.4 is 15.4 Å². The van der Waals surface area contributed by atoms with E-state index in [1.807, 2.05) is 48.5 Å². The predicted octanol–water partition coefficient (Wildman–Crippen LogP) is 4.19. The smallest absolute Gasteiger partial charge is 0.226 e. The number of aromatic nitrogens is 1. The first kappa shape index (κ1) is 24.3. The second kappa shape index (κ2) is 12.6. The SMILES string of the molecule is C#CCOc1ccc(CCNC(=NC)NCc2coc(-c3ccc(C)cc3)n2)cc1.I. The van der Waals surface area contributed by atoms with Crippen molar-refractivity contribution in [1.29, 1.82) is 0 Å². The van der Waals surface area contributed by atoms with Crippen molar-refractivity contribution < 1.29 is 9.15 Å². The molecule has 0 amide bonds. The number of benzene rings is 2. The number of nitrogens with one attached hydrogen (secondary N) is 2. The van der Waals surface area contributed by atoms with Crippen molar-refractivity contribution in [3.8, 4) is 29.5 Å². The van der Waals surface area contributed by atoms with Crippen LogP contribution in [0.4, 0.5) is 0 Å². The highest BCUT2D eigenvalue weighted by molar-refractivity contribution is 14.0. The lowest BCUT2D eigenvalue weighted by molar-refractivity contribution is 0.370. The molecule has 0 aliphatic heterocycles. The van der Waals surface area contributed by atoms with E-state index in [1.165, 1.54) is 11.1 Å². The monoisotopic (exact) mass is 530 g/mol. The number of halogens is 1. The molecule has 0 unspecified atom stereocenters. The molecule has 1 heterocycles. The number of terminal acetylenes is 1. The number of nitrogens with zero attached hydrogens (tertiary/aromatic N) is 2. The molecule has 0 saturated heterocycles. The molecule has 0 radical (unpaired) electrons. The molecule has 2 aromatic carbocycles. The predicted molar refractivity (Wildman–Crippen MR) is 135 cm³/mol. The minimum absolute atomic E-state index is 0. The van der Waals surface area contributed by atoms with E-state index in [0.717, 1.165) is 30.0 Å². The number of aryl methyl sites for hydroxylation is 1. The molecule has 7 heteroatoms. The van der Waals surface area contributed by atoms with Gasteiger partial charge >= 0.3 is 0 Å². The summed E-state index contributed by atoms with van der Waals surface area (Å²) in [5.41, 5.74) is 4.18. The zero-order valence-electron chi connectivity index (χ0n) is 17.7. The maximum Gasteiger partial charge on any atom is 0.226 e. The van der Waals surface area contributed by atoms with Crippen molar-refractivity contribution in [3.63, 3.8) is 0 Å². The molecule has 0 saturated carbocycles. The number of hydrogen-bond acceptors (Lipinski definition) is 4. The van der Waals surface area contributed by atoms with Gasteiger partial charge in [0.15, 0.2) is 5.96 Å². The third-order valence-corrected chi connectivity index (χ3v) is 4.46. The normalized spacial score (nSPS) is 10.7.